The van der Waals surface area contributed by atoms with Crippen molar-refractivity contribution in [3.05, 3.63) is 65.5 Å². The lowest BCUT2D eigenvalue weighted by Gasteiger charge is -2.06. The maximum atomic E-state index is 11.4. The van der Waals surface area contributed by atoms with Crippen molar-refractivity contribution in [3.8, 4) is 11.1 Å². The first-order valence-corrected chi connectivity index (χ1v) is 8.97. The fourth-order valence-electron chi connectivity index (χ4n) is 2.32. The Morgan fingerprint density at radius 3 is 2.24 bits per heavy atom. The number of carbonyl (C=O) groups is 1. The predicted molar refractivity (Wildman–Crippen MR) is 96.5 cm³/mol. The van der Waals surface area contributed by atoms with Gasteiger partial charge in [-0.2, -0.15) is 0 Å². The Morgan fingerprint density at radius 2 is 1.68 bits per heavy atom. The number of H-pyrrole nitrogens is 1. The number of nitrogens with zero attached hydrogens (tertiary/aromatic N) is 2. The van der Waals surface area contributed by atoms with Crippen LogP contribution in [0.3, 0.4) is 0 Å². The number of carboxylic acid groups (broad SMARTS) is 1. The van der Waals surface area contributed by atoms with Crippen molar-refractivity contribution < 1.29 is 14.5 Å². The van der Waals surface area contributed by atoms with Gasteiger partial charge in [0.25, 0.3) is 0 Å². The molecule has 2 aromatic carbocycles. The molecular weight excluding hydrogens is 338 g/mol. The van der Waals surface area contributed by atoms with Gasteiger partial charge in [-0.1, -0.05) is 35.6 Å². The first kappa shape index (κ1) is 16.9. The molecule has 1 atom stereocenters. The topological polar surface area (TPSA) is 102 Å². The first-order chi connectivity index (χ1) is 12.0. The van der Waals surface area contributed by atoms with Crippen LogP contribution < -0.4 is 0 Å². The number of benzene rings is 2. The van der Waals surface area contributed by atoms with Gasteiger partial charge in [-0.3, -0.25) is 5.10 Å². The monoisotopic (exact) mass is 353 g/mol. The molecule has 3 rings (SSSR count). The maximum Gasteiger partial charge on any atom is 0.358 e. The van der Waals surface area contributed by atoms with E-state index < -0.39 is 17.1 Å². The Labute approximate surface area is 147 Å². The summed E-state index contributed by atoms with van der Waals surface area (Å²) in [6, 6.07) is 15.4. The van der Waals surface area contributed by atoms with Crippen molar-refractivity contribution in [3.63, 3.8) is 0 Å². The second-order valence-corrected chi connectivity index (χ2v) is 6.69. The zero-order chi connectivity index (χ0) is 17.8. The smallest absolute Gasteiger partial charge is 0.358 e. The van der Waals surface area contributed by atoms with E-state index in [1.54, 1.807) is 18.4 Å². The molecule has 0 aliphatic rings. The predicted octanol–water partition coefficient (Wildman–Crippen LogP) is 3.08. The van der Waals surface area contributed by atoms with Gasteiger partial charge in [0, 0.05) is 0 Å². The molecule has 25 heavy (non-hydrogen) atoms. The number of hydrogen-bond acceptors (Lipinski definition) is 4. The summed E-state index contributed by atoms with van der Waals surface area (Å²) < 4.78 is 11.4. The van der Waals surface area contributed by atoms with E-state index >= 15 is 0 Å². The van der Waals surface area contributed by atoms with Crippen molar-refractivity contribution in [2.75, 3.05) is 6.26 Å². The Balaban J connectivity index is 1.77. The van der Waals surface area contributed by atoms with Crippen LogP contribution in [0.15, 0.2) is 53.4 Å². The normalized spacial score (nSPS) is 12.4. The average molecular weight is 353 g/mol. The summed E-state index contributed by atoms with van der Waals surface area (Å²) in [5.41, 5.74) is 3.23. The number of nitrogens with one attached hydrogen (secondary N) is 1. The quantitative estimate of drug-likeness (QED) is 0.686. The van der Waals surface area contributed by atoms with Gasteiger partial charge < -0.3 is 9.66 Å². The molecule has 0 bridgehead atoms. The minimum absolute atomic E-state index is 0.110. The first-order valence-electron chi connectivity index (χ1n) is 7.41. The van der Waals surface area contributed by atoms with Gasteiger partial charge in [0.15, 0.2) is 10.6 Å². The third-order valence-electron chi connectivity index (χ3n) is 3.65. The standard InChI is InChI=1S/C18H15N3O3S/c1-25(24)15-9-7-14(8-10-15)13-5-2-12(3-6-13)4-11-16-17(18(22)23)20-21-19-16/h2-11H,1H3,(H,22,23)(H,19,20,21). The SMILES string of the molecule is C[S+]([O-])c1ccc(-c2ccc(C=Cc3[nH]nnc3C(=O)O)cc2)cc1. The number of carboxylic acids is 1. The van der Waals surface area contributed by atoms with E-state index in [1.165, 1.54) is 0 Å². The summed E-state index contributed by atoms with van der Waals surface area (Å²) in [6.07, 6.45) is 5.07. The Kier molecular flexibility index (Phi) is 4.97. The van der Waals surface area contributed by atoms with Crippen molar-refractivity contribution in [2.45, 2.75) is 4.90 Å². The molecule has 0 fully saturated rings. The van der Waals surface area contributed by atoms with Crippen molar-refractivity contribution in [1.29, 1.82) is 0 Å². The third kappa shape index (κ3) is 3.96. The molecule has 3 aromatic rings. The van der Waals surface area contributed by atoms with Crippen molar-refractivity contribution in [1.82, 2.24) is 15.4 Å². The molecule has 7 heteroatoms. The Hall–Kier alpha value is -2.90. The highest BCUT2D eigenvalue weighted by Crippen LogP contribution is 2.22. The van der Waals surface area contributed by atoms with Gasteiger partial charge in [0.05, 0.1) is 5.69 Å². The summed E-state index contributed by atoms with van der Waals surface area (Å²) in [6.45, 7) is 0. The molecule has 1 aromatic heterocycles. The minimum Gasteiger partial charge on any atom is -0.612 e. The summed E-state index contributed by atoms with van der Waals surface area (Å²) in [5, 5.41) is 18.6. The fourth-order valence-corrected chi connectivity index (χ4v) is 2.83. The minimum atomic E-state index is -1.12. The van der Waals surface area contributed by atoms with Crippen LogP contribution in [0.1, 0.15) is 21.7 Å². The van der Waals surface area contributed by atoms with Crippen LogP contribution in [0.2, 0.25) is 0 Å². The zero-order valence-corrected chi connectivity index (χ0v) is 14.2. The third-order valence-corrected chi connectivity index (χ3v) is 4.59. The van der Waals surface area contributed by atoms with Crippen LogP contribution >= 0.6 is 0 Å². The van der Waals surface area contributed by atoms with E-state index in [1.807, 2.05) is 48.5 Å². The molecule has 2 N–H and O–H groups in total. The van der Waals surface area contributed by atoms with Crippen LogP contribution in [0.4, 0.5) is 0 Å². The molecule has 0 amide bonds. The maximum absolute atomic E-state index is 11.4. The molecule has 126 valence electrons. The molecule has 1 unspecified atom stereocenters. The van der Waals surface area contributed by atoms with Gasteiger partial charge in [0.1, 0.15) is 6.26 Å². The molecule has 0 aliphatic carbocycles. The highest BCUT2D eigenvalue weighted by atomic mass is 32.2. The summed E-state index contributed by atoms with van der Waals surface area (Å²) in [7, 11) is 0. The van der Waals surface area contributed by atoms with Crippen molar-refractivity contribution in [2.24, 2.45) is 0 Å². The molecular formula is C18H15N3O3S. The zero-order valence-electron chi connectivity index (χ0n) is 13.3. The molecule has 0 aliphatic heterocycles. The highest BCUT2D eigenvalue weighted by Gasteiger charge is 2.11. The highest BCUT2D eigenvalue weighted by molar-refractivity contribution is 7.90. The molecule has 0 spiro atoms. The van der Waals surface area contributed by atoms with Gasteiger partial charge in [-0.25, -0.2) is 4.79 Å². The molecule has 0 saturated carbocycles. The van der Waals surface area contributed by atoms with E-state index in [4.69, 9.17) is 5.11 Å². The van der Waals surface area contributed by atoms with E-state index in [0.717, 1.165) is 21.6 Å². The van der Waals surface area contributed by atoms with Gasteiger partial charge in [-0.05, 0) is 58.2 Å². The molecule has 1 heterocycles. The van der Waals surface area contributed by atoms with Crippen LogP contribution in [0.5, 0.6) is 0 Å². The second kappa shape index (κ2) is 7.33. The van der Waals surface area contributed by atoms with Crippen molar-refractivity contribution >= 4 is 29.3 Å². The Morgan fingerprint density at radius 1 is 1.08 bits per heavy atom. The molecule has 6 nitrogen and oxygen atoms in total. The van der Waals surface area contributed by atoms with Crippen LogP contribution in [0, 0.1) is 0 Å². The van der Waals surface area contributed by atoms with Gasteiger partial charge >= 0.3 is 5.97 Å². The summed E-state index contributed by atoms with van der Waals surface area (Å²) in [5.74, 6) is -1.12. The van der Waals surface area contributed by atoms with Gasteiger partial charge in [-0.15, -0.1) is 5.10 Å². The number of aromatic nitrogens is 3. The van der Waals surface area contributed by atoms with Crippen LogP contribution in [0.25, 0.3) is 23.3 Å². The lowest BCUT2D eigenvalue weighted by atomic mass is 10.0. The summed E-state index contributed by atoms with van der Waals surface area (Å²) >= 11 is -0.984. The number of hydrogen-bond donors (Lipinski definition) is 2. The summed E-state index contributed by atoms with van der Waals surface area (Å²) in [4.78, 5) is 11.8. The second-order valence-electron chi connectivity index (χ2n) is 5.31. The fraction of sp³-hybridized carbons (Fsp3) is 0.0556. The molecule has 0 radical (unpaired) electrons. The lowest BCUT2D eigenvalue weighted by molar-refractivity contribution is 0.0690. The van der Waals surface area contributed by atoms with E-state index in [9.17, 15) is 9.35 Å². The van der Waals surface area contributed by atoms with Crippen LogP contribution in [-0.2, 0) is 11.2 Å². The van der Waals surface area contributed by atoms with E-state index in [2.05, 4.69) is 15.4 Å². The Bertz CT molecular complexity index is 900. The van der Waals surface area contributed by atoms with E-state index in [0.29, 0.717) is 5.69 Å². The number of aromatic amines is 1. The number of aromatic carboxylic acids is 1. The van der Waals surface area contributed by atoms with Gasteiger partial charge in [0.2, 0.25) is 0 Å². The van der Waals surface area contributed by atoms with E-state index in [-0.39, 0.29) is 5.69 Å². The van der Waals surface area contributed by atoms with Crippen LogP contribution in [-0.4, -0.2) is 37.3 Å². The molecule has 0 saturated heterocycles. The number of rotatable bonds is 5. The average Bonchev–Trinajstić information content (AvgIpc) is 3.09. The lowest BCUT2D eigenvalue weighted by Crippen LogP contribution is -1.98. The largest absolute Gasteiger partial charge is 0.612 e.